The van der Waals surface area contributed by atoms with E-state index in [1.807, 2.05) is 4.90 Å². The lowest BCUT2D eigenvalue weighted by atomic mass is 10.2. The molecule has 1 fully saturated rings. The first-order valence-corrected chi connectivity index (χ1v) is 6.39. The molecule has 7 heteroatoms. The van der Waals surface area contributed by atoms with Crippen molar-refractivity contribution in [1.82, 2.24) is 4.90 Å². The fraction of sp³-hybridized carbons (Fsp3) is 0.462. The second-order valence-corrected chi connectivity index (χ2v) is 4.90. The Labute approximate surface area is 116 Å². The Morgan fingerprint density at radius 3 is 2.65 bits per heavy atom. The van der Waals surface area contributed by atoms with Crippen LogP contribution in [0.2, 0.25) is 0 Å². The van der Waals surface area contributed by atoms with E-state index in [9.17, 15) is 20.0 Å². The third kappa shape index (κ3) is 3.31. The van der Waals surface area contributed by atoms with Crippen molar-refractivity contribution >= 4 is 17.3 Å². The van der Waals surface area contributed by atoms with Crippen molar-refractivity contribution < 1.29 is 14.8 Å². The molecular formula is C13H17N3O4. The molecule has 0 radical (unpaired) electrons. The van der Waals surface area contributed by atoms with Crippen LogP contribution in [-0.2, 0) is 4.79 Å². The average molecular weight is 279 g/mol. The predicted octanol–water partition coefficient (Wildman–Crippen LogP) is 0.624. The van der Waals surface area contributed by atoms with Crippen LogP contribution in [0.5, 0.6) is 0 Å². The number of nitrogens with zero attached hydrogens (tertiary/aromatic N) is 3. The van der Waals surface area contributed by atoms with E-state index in [0.717, 1.165) is 0 Å². The SMILES string of the molecule is CN(C(=O)CN1CC[C@H](O)C1)c1ccc([N+](=O)[O-])cc1. The van der Waals surface area contributed by atoms with Crippen LogP contribution >= 0.6 is 0 Å². The number of amides is 1. The van der Waals surface area contributed by atoms with Gasteiger partial charge in [-0.2, -0.15) is 0 Å². The Balaban J connectivity index is 1.97. The Kier molecular flexibility index (Phi) is 4.31. The van der Waals surface area contributed by atoms with Gasteiger partial charge in [-0.15, -0.1) is 0 Å². The molecule has 2 rings (SSSR count). The average Bonchev–Trinajstić information content (AvgIpc) is 2.83. The van der Waals surface area contributed by atoms with E-state index in [-0.39, 0.29) is 24.2 Å². The maximum atomic E-state index is 12.1. The fourth-order valence-electron chi connectivity index (χ4n) is 2.20. The number of carbonyl (C=O) groups excluding carboxylic acids is 1. The molecule has 1 heterocycles. The molecule has 1 aliphatic heterocycles. The van der Waals surface area contributed by atoms with Crippen LogP contribution in [-0.4, -0.2) is 53.6 Å². The molecule has 1 aliphatic rings. The smallest absolute Gasteiger partial charge is 0.269 e. The van der Waals surface area contributed by atoms with E-state index in [1.165, 1.54) is 17.0 Å². The zero-order valence-electron chi connectivity index (χ0n) is 11.2. The zero-order chi connectivity index (χ0) is 14.7. The fourth-order valence-corrected chi connectivity index (χ4v) is 2.20. The number of hydrogen-bond donors (Lipinski definition) is 1. The van der Waals surface area contributed by atoms with Crippen molar-refractivity contribution in [3.63, 3.8) is 0 Å². The zero-order valence-corrected chi connectivity index (χ0v) is 11.2. The van der Waals surface area contributed by atoms with Crippen LogP contribution in [0.3, 0.4) is 0 Å². The molecule has 7 nitrogen and oxygen atoms in total. The lowest BCUT2D eigenvalue weighted by molar-refractivity contribution is -0.384. The molecule has 108 valence electrons. The minimum absolute atomic E-state index is 0.00253. The van der Waals surface area contributed by atoms with Crippen LogP contribution in [0.15, 0.2) is 24.3 Å². The summed E-state index contributed by atoms with van der Waals surface area (Å²) in [6.45, 7) is 1.46. The molecule has 1 saturated heterocycles. The van der Waals surface area contributed by atoms with Gasteiger partial charge in [-0.3, -0.25) is 19.8 Å². The molecule has 0 unspecified atom stereocenters. The van der Waals surface area contributed by atoms with Crippen LogP contribution in [0.1, 0.15) is 6.42 Å². The molecule has 0 saturated carbocycles. The molecule has 0 aromatic heterocycles. The molecule has 0 spiro atoms. The van der Waals surface area contributed by atoms with Gasteiger partial charge in [0.15, 0.2) is 0 Å². The van der Waals surface area contributed by atoms with E-state index in [4.69, 9.17) is 0 Å². The second-order valence-electron chi connectivity index (χ2n) is 4.90. The number of rotatable bonds is 4. The van der Waals surface area contributed by atoms with Gasteiger partial charge in [-0.25, -0.2) is 0 Å². The van der Waals surface area contributed by atoms with Gasteiger partial charge >= 0.3 is 0 Å². The highest BCUT2D eigenvalue weighted by atomic mass is 16.6. The number of hydrogen-bond acceptors (Lipinski definition) is 5. The Morgan fingerprint density at radius 2 is 2.15 bits per heavy atom. The summed E-state index contributed by atoms with van der Waals surface area (Å²) in [7, 11) is 1.63. The predicted molar refractivity (Wildman–Crippen MR) is 73.6 cm³/mol. The molecule has 1 N–H and O–H groups in total. The number of nitro benzene ring substituents is 1. The molecule has 20 heavy (non-hydrogen) atoms. The maximum Gasteiger partial charge on any atom is 0.269 e. The summed E-state index contributed by atoms with van der Waals surface area (Å²) in [5.41, 5.74) is 0.609. The summed E-state index contributed by atoms with van der Waals surface area (Å²) >= 11 is 0. The molecule has 1 aromatic carbocycles. The van der Waals surface area contributed by atoms with Crippen LogP contribution in [0, 0.1) is 10.1 Å². The van der Waals surface area contributed by atoms with Crippen molar-refractivity contribution in [2.45, 2.75) is 12.5 Å². The number of benzene rings is 1. The molecular weight excluding hydrogens is 262 g/mol. The molecule has 0 bridgehead atoms. The molecule has 0 aliphatic carbocycles. The van der Waals surface area contributed by atoms with Gasteiger partial charge in [-0.1, -0.05) is 0 Å². The van der Waals surface area contributed by atoms with Gasteiger partial charge in [-0.05, 0) is 18.6 Å². The van der Waals surface area contributed by atoms with Gasteiger partial charge in [0.05, 0.1) is 17.6 Å². The summed E-state index contributed by atoms with van der Waals surface area (Å²) < 4.78 is 0. The summed E-state index contributed by atoms with van der Waals surface area (Å²) in [6.07, 6.45) is 0.335. The highest BCUT2D eigenvalue weighted by Crippen LogP contribution is 2.19. The number of aliphatic hydroxyl groups is 1. The van der Waals surface area contributed by atoms with Crippen molar-refractivity contribution in [2.75, 3.05) is 31.6 Å². The first kappa shape index (κ1) is 14.4. The van der Waals surface area contributed by atoms with Crippen LogP contribution in [0.4, 0.5) is 11.4 Å². The maximum absolute atomic E-state index is 12.1. The highest BCUT2D eigenvalue weighted by molar-refractivity contribution is 5.94. The summed E-state index contributed by atoms with van der Waals surface area (Å²) in [6, 6.07) is 5.85. The lowest BCUT2D eigenvalue weighted by Crippen LogP contribution is -2.37. The normalized spacial score (nSPS) is 19.0. The first-order chi connectivity index (χ1) is 9.47. The Bertz CT molecular complexity index is 503. The Morgan fingerprint density at radius 1 is 1.50 bits per heavy atom. The monoisotopic (exact) mass is 279 g/mol. The van der Waals surface area contributed by atoms with E-state index in [1.54, 1.807) is 19.2 Å². The number of likely N-dealkylation sites (N-methyl/N-ethyl adjacent to an activating group) is 1. The van der Waals surface area contributed by atoms with Crippen molar-refractivity contribution in [3.8, 4) is 0 Å². The minimum atomic E-state index is -0.475. The lowest BCUT2D eigenvalue weighted by Gasteiger charge is -2.21. The first-order valence-electron chi connectivity index (χ1n) is 6.39. The highest BCUT2D eigenvalue weighted by Gasteiger charge is 2.23. The third-order valence-corrected chi connectivity index (χ3v) is 3.43. The van der Waals surface area contributed by atoms with Crippen LogP contribution < -0.4 is 4.90 Å². The number of aliphatic hydroxyl groups excluding tert-OH is 1. The van der Waals surface area contributed by atoms with Crippen molar-refractivity contribution in [2.24, 2.45) is 0 Å². The number of β-amino-alcohol motifs (C(OH)–C–C–N with tert-alkyl or cyclic N) is 1. The number of nitro groups is 1. The van der Waals surface area contributed by atoms with E-state index < -0.39 is 4.92 Å². The summed E-state index contributed by atoms with van der Waals surface area (Å²) in [5, 5.41) is 20.0. The van der Waals surface area contributed by atoms with E-state index in [2.05, 4.69) is 0 Å². The van der Waals surface area contributed by atoms with Gasteiger partial charge < -0.3 is 10.0 Å². The van der Waals surface area contributed by atoms with Gasteiger partial charge in [0, 0.05) is 38.0 Å². The summed E-state index contributed by atoms with van der Waals surface area (Å²) in [4.78, 5) is 25.6. The summed E-state index contributed by atoms with van der Waals surface area (Å²) in [5.74, 6) is -0.104. The number of non-ortho nitro benzene ring substituents is 1. The number of carbonyl (C=O) groups is 1. The number of anilines is 1. The largest absolute Gasteiger partial charge is 0.392 e. The topological polar surface area (TPSA) is 86.9 Å². The van der Waals surface area contributed by atoms with Crippen molar-refractivity contribution in [1.29, 1.82) is 0 Å². The standard InChI is InChI=1S/C13H17N3O4/c1-14(10-2-4-11(5-3-10)16(19)20)13(18)9-15-7-6-12(17)8-15/h2-5,12,17H,6-9H2,1H3/t12-/m0/s1. The molecule has 1 amide bonds. The second kappa shape index (κ2) is 5.98. The Hall–Kier alpha value is -1.99. The third-order valence-electron chi connectivity index (χ3n) is 3.43. The number of likely N-dealkylation sites (tertiary alicyclic amines) is 1. The quantitative estimate of drug-likeness (QED) is 0.645. The van der Waals surface area contributed by atoms with Gasteiger partial charge in [0.2, 0.25) is 5.91 Å². The van der Waals surface area contributed by atoms with Crippen molar-refractivity contribution in [3.05, 3.63) is 34.4 Å². The van der Waals surface area contributed by atoms with Gasteiger partial charge in [0.1, 0.15) is 0 Å². The van der Waals surface area contributed by atoms with Gasteiger partial charge in [0.25, 0.3) is 5.69 Å². The van der Waals surface area contributed by atoms with E-state index in [0.29, 0.717) is 25.2 Å². The van der Waals surface area contributed by atoms with Crippen LogP contribution in [0.25, 0.3) is 0 Å². The van der Waals surface area contributed by atoms with E-state index >= 15 is 0 Å². The molecule has 1 atom stereocenters. The minimum Gasteiger partial charge on any atom is -0.392 e. The molecule has 1 aromatic rings.